The molecule has 0 unspecified atom stereocenters. The van der Waals surface area contributed by atoms with Crippen LogP contribution in [0.5, 0.6) is 0 Å². The first-order valence-electron chi connectivity index (χ1n) is 7.34. The van der Waals surface area contributed by atoms with Gasteiger partial charge in [0.1, 0.15) is 0 Å². The standard InChI is InChI=1S/C15H31NO2/c1-13(2)16-10-9-15(7-6-8-15)18-12-11-17-14(3,4)5/h13,16H,6-12H2,1-5H3. The Morgan fingerprint density at radius 1 is 1.17 bits per heavy atom. The Hall–Kier alpha value is -0.120. The second kappa shape index (κ2) is 6.88. The minimum atomic E-state index is -0.0602. The van der Waals surface area contributed by atoms with E-state index in [9.17, 15) is 0 Å². The van der Waals surface area contributed by atoms with E-state index < -0.39 is 0 Å². The molecule has 0 heterocycles. The van der Waals surface area contributed by atoms with Crippen LogP contribution in [0.3, 0.4) is 0 Å². The Labute approximate surface area is 113 Å². The highest BCUT2D eigenvalue weighted by molar-refractivity contribution is 4.90. The Morgan fingerprint density at radius 3 is 2.28 bits per heavy atom. The fraction of sp³-hybridized carbons (Fsp3) is 1.00. The third-order valence-corrected chi connectivity index (χ3v) is 3.42. The molecule has 1 aliphatic rings. The van der Waals surface area contributed by atoms with Crippen molar-refractivity contribution < 1.29 is 9.47 Å². The lowest BCUT2D eigenvalue weighted by Gasteiger charge is -2.42. The molecule has 0 aliphatic heterocycles. The summed E-state index contributed by atoms with van der Waals surface area (Å²) in [7, 11) is 0. The van der Waals surface area contributed by atoms with Gasteiger partial charge in [0.05, 0.1) is 24.4 Å². The van der Waals surface area contributed by atoms with E-state index in [0.717, 1.165) is 19.6 Å². The molecule has 1 N–H and O–H groups in total. The van der Waals surface area contributed by atoms with Crippen molar-refractivity contribution in [1.82, 2.24) is 5.32 Å². The van der Waals surface area contributed by atoms with Crippen molar-refractivity contribution in [2.75, 3.05) is 19.8 Å². The second-order valence-electron chi connectivity index (χ2n) is 6.70. The lowest BCUT2D eigenvalue weighted by atomic mass is 9.77. The van der Waals surface area contributed by atoms with Gasteiger partial charge in [0.25, 0.3) is 0 Å². The van der Waals surface area contributed by atoms with Crippen LogP contribution in [0.25, 0.3) is 0 Å². The molecule has 0 aromatic heterocycles. The van der Waals surface area contributed by atoms with E-state index >= 15 is 0 Å². The normalized spacial score (nSPS) is 19.0. The first-order chi connectivity index (χ1) is 8.33. The maximum atomic E-state index is 6.08. The van der Waals surface area contributed by atoms with Crippen molar-refractivity contribution >= 4 is 0 Å². The molecule has 108 valence electrons. The third kappa shape index (κ3) is 6.17. The monoisotopic (exact) mass is 257 g/mol. The maximum absolute atomic E-state index is 6.08. The summed E-state index contributed by atoms with van der Waals surface area (Å²) in [6.45, 7) is 13.1. The van der Waals surface area contributed by atoms with Gasteiger partial charge in [-0.05, 0) is 53.0 Å². The van der Waals surface area contributed by atoms with E-state index in [-0.39, 0.29) is 11.2 Å². The number of nitrogens with one attached hydrogen (secondary N) is 1. The first-order valence-corrected chi connectivity index (χ1v) is 7.34. The second-order valence-corrected chi connectivity index (χ2v) is 6.70. The average Bonchev–Trinajstić information content (AvgIpc) is 2.17. The first kappa shape index (κ1) is 15.9. The molecular formula is C15H31NO2. The summed E-state index contributed by atoms with van der Waals surface area (Å²) in [6, 6.07) is 0.561. The van der Waals surface area contributed by atoms with E-state index in [1.54, 1.807) is 0 Å². The van der Waals surface area contributed by atoms with Crippen molar-refractivity contribution in [3.05, 3.63) is 0 Å². The molecule has 0 bridgehead atoms. The van der Waals surface area contributed by atoms with Gasteiger partial charge in [-0.25, -0.2) is 0 Å². The predicted molar refractivity (Wildman–Crippen MR) is 76.0 cm³/mol. The number of ether oxygens (including phenoxy) is 2. The van der Waals surface area contributed by atoms with Crippen LogP contribution in [0, 0.1) is 0 Å². The van der Waals surface area contributed by atoms with Gasteiger partial charge >= 0.3 is 0 Å². The molecule has 3 nitrogen and oxygen atoms in total. The number of rotatable bonds is 8. The van der Waals surface area contributed by atoms with E-state index in [4.69, 9.17) is 9.47 Å². The molecule has 0 spiro atoms. The molecule has 1 rings (SSSR count). The third-order valence-electron chi connectivity index (χ3n) is 3.42. The summed E-state index contributed by atoms with van der Waals surface area (Å²) in [4.78, 5) is 0. The van der Waals surface area contributed by atoms with Crippen LogP contribution in [-0.4, -0.2) is 37.0 Å². The zero-order chi connectivity index (χ0) is 13.6. The van der Waals surface area contributed by atoms with Crippen LogP contribution in [-0.2, 0) is 9.47 Å². The molecule has 0 amide bonds. The summed E-state index contributed by atoms with van der Waals surface area (Å²) >= 11 is 0. The van der Waals surface area contributed by atoms with E-state index in [1.807, 2.05) is 0 Å². The predicted octanol–water partition coefficient (Wildman–Crippen LogP) is 3.13. The lowest BCUT2D eigenvalue weighted by molar-refractivity contribution is -0.130. The molecule has 0 atom stereocenters. The van der Waals surface area contributed by atoms with Crippen molar-refractivity contribution in [2.24, 2.45) is 0 Å². The largest absolute Gasteiger partial charge is 0.373 e. The topological polar surface area (TPSA) is 30.5 Å². The Balaban J connectivity index is 2.16. The fourth-order valence-electron chi connectivity index (χ4n) is 2.23. The molecule has 0 aromatic rings. The molecule has 1 fully saturated rings. The molecule has 0 saturated heterocycles. The van der Waals surface area contributed by atoms with Crippen molar-refractivity contribution in [3.8, 4) is 0 Å². The van der Waals surface area contributed by atoms with Gasteiger partial charge in [0.2, 0.25) is 0 Å². The van der Waals surface area contributed by atoms with Crippen LogP contribution in [0.1, 0.15) is 60.3 Å². The minimum absolute atomic E-state index is 0.0602. The summed E-state index contributed by atoms with van der Waals surface area (Å²) in [5.74, 6) is 0. The summed E-state index contributed by atoms with van der Waals surface area (Å²) in [6.07, 6.45) is 4.85. The molecular weight excluding hydrogens is 226 g/mol. The van der Waals surface area contributed by atoms with Crippen molar-refractivity contribution in [1.29, 1.82) is 0 Å². The summed E-state index contributed by atoms with van der Waals surface area (Å²) in [5, 5.41) is 3.47. The fourth-order valence-corrected chi connectivity index (χ4v) is 2.23. The molecule has 3 heteroatoms. The zero-order valence-corrected chi connectivity index (χ0v) is 12.8. The maximum Gasteiger partial charge on any atom is 0.0708 e. The lowest BCUT2D eigenvalue weighted by Crippen LogP contribution is -2.44. The van der Waals surface area contributed by atoms with Gasteiger partial charge in [-0.3, -0.25) is 0 Å². The molecule has 1 saturated carbocycles. The number of hydrogen-bond acceptors (Lipinski definition) is 3. The van der Waals surface area contributed by atoms with E-state index in [2.05, 4.69) is 39.9 Å². The zero-order valence-electron chi connectivity index (χ0n) is 12.8. The smallest absolute Gasteiger partial charge is 0.0708 e. The van der Waals surface area contributed by atoms with Gasteiger partial charge in [0.15, 0.2) is 0 Å². The van der Waals surface area contributed by atoms with Gasteiger partial charge in [-0.1, -0.05) is 13.8 Å². The van der Waals surface area contributed by atoms with Crippen LogP contribution in [0.2, 0.25) is 0 Å². The minimum Gasteiger partial charge on any atom is -0.373 e. The molecule has 0 radical (unpaired) electrons. The SMILES string of the molecule is CC(C)NCCC1(OCCOC(C)(C)C)CCC1. The highest BCUT2D eigenvalue weighted by Gasteiger charge is 2.37. The van der Waals surface area contributed by atoms with Gasteiger partial charge in [-0.2, -0.15) is 0 Å². The van der Waals surface area contributed by atoms with Crippen LogP contribution in [0.4, 0.5) is 0 Å². The average molecular weight is 257 g/mol. The van der Waals surface area contributed by atoms with Crippen LogP contribution < -0.4 is 5.32 Å². The van der Waals surface area contributed by atoms with Crippen LogP contribution in [0.15, 0.2) is 0 Å². The van der Waals surface area contributed by atoms with Crippen molar-refractivity contribution in [2.45, 2.75) is 77.5 Å². The molecule has 0 aromatic carbocycles. The highest BCUT2D eigenvalue weighted by atomic mass is 16.5. The van der Waals surface area contributed by atoms with Gasteiger partial charge < -0.3 is 14.8 Å². The number of hydrogen-bond donors (Lipinski definition) is 1. The Morgan fingerprint density at radius 2 is 1.83 bits per heavy atom. The quantitative estimate of drug-likeness (QED) is 0.678. The van der Waals surface area contributed by atoms with E-state index in [0.29, 0.717) is 12.6 Å². The summed E-state index contributed by atoms with van der Waals surface area (Å²) in [5.41, 5.74) is 0.0818. The Bertz CT molecular complexity index is 229. The summed E-state index contributed by atoms with van der Waals surface area (Å²) < 4.78 is 11.8. The molecule has 18 heavy (non-hydrogen) atoms. The van der Waals surface area contributed by atoms with Gasteiger partial charge in [-0.15, -0.1) is 0 Å². The van der Waals surface area contributed by atoms with Gasteiger partial charge in [0, 0.05) is 6.04 Å². The van der Waals surface area contributed by atoms with Crippen LogP contribution >= 0.6 is 0 Å². The molecule has 1 aliphatic carbocycles. The highest BCUT2D eigenvalue weighted by Crippen LogP contribution is 2.38. The van der Waals surface area contributed by atoms with E-state index in [1.165, 1.54) is 19.3 Å². The Kier molecular flexibility index (Phi) is 6.09. The van der Waals surface area contributed by atoms with Crippen molar-refractivity contribution in [3.63, 3.8) is 0 Å².